The van der Waals surface area contributed by atoms with Crippen molar-refractivity contribution < 1.29 is 18.0 Å². The standard InChI is InChI=1S/C32H21FN2O3/c33-25-12-10-23(11-13-25)29-18-15-27(37-29)16-19-31(36)34-26-14-17-30-28(20-26)35-32(38-30)24-8-6-22(7-9-24)21-4-2-1-3-5-21/h1-20H,(H,34,36)/b19-16+. The van der Waals surface area contributed by atoms with Gasteiger partial charge in [0.2, 0.25) is 11.8 Å². The highest BCUT2D eigenvalue weighted by atomic mass is 19.1. The maximum Gasteiger partial charge on any atom is 0.248 e. The molecule has 1 amide bonds. The molecular weight excluding hydrogens is 479 g/mol. The van der Waals surface area contributed by atoms with Crippen LogP contribution < -0.4 is 5.32 Å². The monoisotopic (exact) mass is 500 g/mol. The number of amides is 1. The molecule has 0 aliphatic heterocycles. The predicted octanol–water partition coefficient (Wildman–Crippen LogP) is 8.21. The summed E-state index contributed by atoms with van der Waals surface area (Å²) < 4.78 is 24.8. The Morgan fingerprint density at radius 3 is 2.24 bits per heavy atom. The number of fused-ring (bicyclic) bond motifs is 1. The van der Waals surface area contributed by atoms with E-state index in [9.17, 15) is 9.18 Å². The number of oxazole rings is 1. The van der Waals surface area contributed by atoms with Crippen molar-refractivity contribution in [2.24, 2.45) is 0 Å². The van der Waals surface area contributed by atoms with Gasteiger partial charge in [-0.2, -0.15) is 0 Å². The second kappa shape index (κ2) is 10.0. The molecule has 6 rings (SSSR count). The van der Waals surface area contributed by atoms with E-state index in [0.717, 1.165) is 22.3 Å². The van der Waals surface area contributed by atoms with E-state index in [-0.39, 0.29) is 11.7 Å². The van der Waals surface area contributed by atoms with Crippen molar-refractivity contribution in [3.8, 4) is 33.9 Å². The molecule has 0 radical (unpaired) electrons. The Hall–Kier alpha value is -5.23. The highest BCUT2D eigenvalue weighted by molar-refractivity contribution is 6.02. The third-order valence-corrected chi connectivity index (χ3v) is 6.05. The molecule has 38 heavy (non-hydrogen) atoms. The largest absolute Gasteiger partial charge is 0.457 e. The van der Waals surface area contributed by atoms with Crippen molar-refractivity contribution in [3.05, 3.63) is 127 Å². The zero-order valence-corrected chi connectivity index (χ0v) is 20.1. The summed E-state index contributed by atoms with van der Waals surface area (Å²) in [6.45, 7) is 0. The lowest BCUT2D eigenvalue weighted by atomic mass is 10.0. The number of hydrogen-bond donors (Lipinski definition) is 1. The van der Waals surface area contributed by atoms with Crippen LogP contribution in [0.25, 0.3) is 51.1 Å². The highest BCUT2D eigenvalue weighted by Crippen LogP contribution is 2.29. The van der Waals surface area contributed by atoms with E-state index in [2.05, 4.69) is 22.4 Å². The number of rotatable bonds is 6. The molecule has 0 bridgehead atoms. The molecule has 0 fully saturated rings. The van der Waals surface area contributed by atoms with E-state index in [4.69, 9.17) is 8.83 Å². The lowest BCUT2D eigenvalue weighted by Crippen LogP contribution is -2.07. The number of anilines is 1. The van der Waals surface area contributed by atoms with Gasteiger partial charge in [-0.25, -0.2) is 9.37 Å². The van der Waals surface area contributed by atoms with Crippen molar-refractivity contribution in [2.75, 3.05) is 5.32 Å². The summed E-state index contributed by atoms with van der Waals surface area (Å²) in [6.07, 6.45) is 2.97. The molecule has 6 heteroatoms. The molecular formula is C32H21FN2O3. The molecule has 0 saturated carbocycles. The first-order valence-electron chi connectivity index (χ1n) is 12.0. The van der Waals surface area contributed by atoms with Gasteiger partial charge in [-0.05, 0) is 83.9 Å². The lowest BCUT2D eigenvalue weighted by Gasteiger charge is -2.02. The van der Waals surface area contributed by atoms with Crippen LogP contribution in [0.2, 0.25) is 0 Å². The van der Waals surface area contributed by atoms with Crippen LogP contribution in [0.4, 0.5) is 10.1 Å². The van der Waals surface area contributed by atoms with Crippen molar-refractivity contribution in [1.29, 1.82) is 0 Å². The summed E-state index contributed by atoms with van der Waals surface area (Å²) in [5, 5.41) is 2.83. The zero-order valence-electron chi connectivity index (χ0n) is 20.1. The van der Waals surface area contributed by atoms with E-state index in [1.54, 1.807) is 48.5 Å². The molecule has 2 aromatic heterocycles. The van der Waals surface area contributed by atoms with Gasteiger partial charge in [0.15, 0.2) is 5.58 Å². The quantitative estimate of drug-likeness (QED) is 0.234. The number of halogens is 1. The number of furan rings is 1. The van der Waals surface area contributed by atoms with Crippen LogP contribution in [-0.2, 0) is 4.79 Å². The van der Waals surface area contributed by atoms with Crippen molar-refractivity contribution >= 4 is 28.8 Å². The van der Waals surface area contributed by atoms with Gasteiger partial charge in [0.05, 0.1) is 0 Å². The number of nitrogens with zero attached hydrogens (tertiary/aromatic N) is 1. The van der Waals surface area contributed by atoms with Crippen molar-refractivity contribution in [1.82, 2.24) is 4.98 Å². The number of nitrogens with one attached hydrogen (secondary N) is 1. The Morgan fingerprint density at radius 1 is 0.737 bits per heavy atom. The molecule has 0 saturated heterocycles. The summed E-state index contributed by atoms with van der Waals surface area (Å²) in [7, 11) is 0. The number of benzene rings is 4. The highest BCUT2D eigenvalue weighted by Gasteiger charge is 2.10. The molecule has 2 heterocycles. The fourth-order valence-electron chi connectivity index (χ4n) is 4.12. The second-order valence-corrected chi connectivity index (χ2v) is 8.68. The third kappa shape index (κ3) is 5.01. The van der Waals surface area contributed by atoms with Gasteiger partial charge in [0, 0.05) is 22.9 Å². The minimum absolute atomic E-state index is 0.311. The average Bonchev–Trinajstić information content (AvgIpc) is 3.60. The van der Waals surface area contributed by atoms with E-state index in [0.29, 0.717) is 34.2 Å². The molecule has 4 aromatic carbocycles. The summed E-state index contributed by atoms with van der Waals surface area (Å²) in [6, 6.07) is 33.1. The number of hydrogen-bond acceptors (Lipinski definition) is 4. The van der Waals surface area contributed by atoms with Crippen LogP contribution in [0.1, 0.15) is 5.76 Å². The van der Waals surface area contributed by atoms with Crippen LogP contribution in [0.3, 0.4) is 0 Å². The molecule has 1 N–H and O–H groups in total. The normalized spacial score (nSPS) is 11.3. The Kier molecular flexibility index (Phi) is 6.12. The summed E-state index contributed by atoms with van der Waals surface area (Å²) in [5.74, 6) is 0.984. The summed E-state index contributed by atoms with van der Waals surface area (Å²) >= 11 is 0. The fourth-order valence-corrected chi connectivity index (χ4v) is 4.12. The molecule has 0 atom stereocenters. The van der Waals surface area contributed by atoms with Gasteiger partial charge in [-0.15, -0.1) is 0 Å². The average molecular weight is 501 g/mol. The SMILES string of the molecule is O=C(/C=C/c1ccc(-c2ccc(F)cc2)o1)Nc1ccc2oc(-c3ccc(-c4ccccc4)cc3)nc2c1. The first kappa shape index (κ1) is 23.2. The van der Waals surface area contributed by atoms with Crippen molar-refractivity contribution in [2.45, 2.75) is 0 Å². The molecule has 6 aromatic rings. The maximum atomic E-state index is 13.1. The van der Waals surface area contributed by atoms with Gasteiger partial charge in [0.1, 0.15) is 22.9 Å². The number of carbonyl (C=O) groups is 1. The smallest absolute Gasteiger partial charge is 0.248 e. The van der Waals surface area contributed by atoms with Gasteiger partial charge in [0.25, 0.3) is 0 Å². The van der Waals surface area contributed by atoms with E-state index < -0.39 is 0 Å². The summed E-state index contributed by atoms with van der Waals surface area (Å²) in [4.78, 5) is 17.1. The van der Waals surface area contributed by atoms with E-state index >= 15 is 0 Å². The second-order valence-electron chi connectivity index (χ2n) is 8.68. The van der Waals surface area contributed by atoms with E-state index in [1.807, 2.05) is 42.5 Å². The van der Waals surface area contributed by atoms with Crippen molar-refractivity contribution in [3.63, 3.8) is 0 Å². The van der Waals surface area contributed by atoms with Crippen LogP contribution in [0.15, 0.2) is 124 Å². The molecule has 5 nitrogen and oxygen atoms in total. The molecule has 0 aliphatic rings. The zero-order chi connectivity index (χ0) is 25.9. The van der Waals surface area contributed by atoms with Gasteiger partial charge in [-0.1, -0.05) is 42.5 Å². The lowest BCUT2D eigenvalue weighted by molar-refractivity contribution is -0.111. The first-order valence-corrected chi connectivity index (χ1v) is 12.0. The van der Waals surface area contributed by atoms with Gasteiger partial charge < -0.3 is 14.2 Å². The Bertz CT molecular complexity index is 1750. The Morgan fingerprint density at radius 2 is 1.45 bits per heavy atom. The maximum absolute atomic E-state index is 13.1. The Balaban J connectivity index is 1.13. The van der Waals surface area contributed by atoms with Crippen LogP contribution in [0.5, 0.6) is 0 Å². The van der Waals surface area contributed by atoms with Gasteiger partial charge >= 0.3 is 0 Å². The first-order chi connectivity index (χ1) is 18.6. The number of carbonyl (C=O) groups excluding carboxylic acids is 1. The molecule has 184 valence electrons. The third-order valence-electron chi connectivity index (χ3n) is 6.05. The predicted molar refractivity (Wildman–Crippen MR) is 147 cm³/mol. The molecule has 0 aliphatic carbocycles. The molecule has 0 unspecified atom stereocenters. The topological polar surface area (TPSA) is 68.3 Å². The van der Waals surface area contributed by atoms with Gasteiger partial charge in [-0.3, -0.25) is 4.79 Å². The minimum atomic E-state index is -0.315. The minimum Gasteiger partial charge on any atom is -0.457 e. The Labute approximate surface area is 217 Å². The number of aromatic nitrogens is 1. The van der Waals surface area contributed by atoms with Crippen LogP contribution in [-0.4, -0.2) is 10.9 Å². The molecule has 0 spiro atoms. The van der Waals surface area contributed by atoms with Crippen LogP contribution in [0, 0.1) is 5.82 Å². The van der Waals surface area contributed by atoms with E-state index in [1.165, 1.54) is 18.2 Å². The summed E-state index contributed by atoms with van der Waals surface area (Å²) in [5.41, 5.74) is 5.75. The van der Waals surface area contributed by atoms with Crippen LogP contribution >= 0.6 is 0 Å². The fraction of sp³-hybridized carbons (Fsp3) is 0.